The van der Waals surface area contributed by atoms with Crippen LogP contribution in [0.1, 0.15) is 16.7 Å². The zero-order valence-electron chi connectivity index (χ0n) is 13.5. The van der Waals surface area contributed by atoms with Crippen LogP contribution in [0.15, 0.2) is 42.5 Å². The van der Waals surface area contributed by atoms with E-state index in [1.54, 1.807) is 0 Å². The third-order valence-corrected chi connectivity index (χ3v) is 3.33. The van der Waals surface area contributed by atoms with Crippen LogP contribution < -0.4 is 15.4 Å². The summed E-state index contributed by atoms with van der Waals surface area (Å²) in [7, 11) is 0. The summed E-state index contributed by atoms with van der Waals surface area (Å²) in [6.45, 7) is 5.93. The average molecular weight is 328 g/mol. The van der Waals surface area contributed by atoms with Gasteiger partial charge in [0.05, 0.1) is 0 Å². The van der Waals surface area contributed by atoms with Crippen LogP contribution in [0.25, 0.3) is 0 Å². The first kappa shape index (κ1) is 17.0. The number of nitrogens with one attached hydrogen (secondary N) is 2. The van der Waals surface area contributed by atoms with Gasteiger partial charge in [0, 0.05) is 5.69 Å². The zero-order valence-corrected chi connectivity index (χ0v) is 14.3. The normalized spacial score (nSPS) is 10.0. The predicted molar refractivity (Wildman–Crippen MR) is 97.0 cm³/mol. The molecule has 0 fully saturated rings. The summed E-state index contributed by atoms with van der Waals surface area (Å²) in [5.41, 5.74) is 4.25. The minimum absolute atomic E-state index is 0.0856. The molecule has 2 aromatic carbocycles. The van der Waals surface area contributed by atoms with Crippen molar-refractivity contribution in [3.8, 4) is 5.75 Å². The van der Waals surface area contributed by atoms with Crippen molar-refractivity contribution in [2.24, 2.45) is 0 Å². The van der Waals surface area contributed by atoms with Gasteiger partial charge in [-0.05, 0) is 68.4 Å². The van der Waals surface area contributed by atoms with Crippen molar-refractivity contribution in [1.29, 1.82) is 0 Å². The molecule has 120 valence electrons. The number of carbonyl (C=O) groups is 1. The van der Waals surface area contributed by atoms with E-state index >= 15 is 0 Å². The van der Waals surface area contributed by atoms with Gasteiger partial charge in [0.25, 0.3) is 5.91 Å². The number of ether oxygens (including phenoxy) is 1. The molecule has 0 heterocycles. The molecule has 23 heavy (non-hydrogen) atoms. The van der Waals surface area contributed by atoms with Crippen LogP contribution >= 0.6 is 12.2 Å². The Labute approximate surface area is 141 Å². The second-order valence-electron chi connectivity index (χ2n) is 5.48. The minimum atomic E-state index is -0.299. The largest absolute Gasteiger partial charge is 0.484 e. The summed E-state index contributed by atoms with van der Waals surface area (Å²) in [5.74, 6) is 0.353. The van der Waals surface area contributed by atoms with Crippen LogP contribution in [-0.2, 0) is 4.79 Å². The summed E-state index contributed by atoms with van der Waals surface area (Å²) in [5, 5.41) is 5.87. The summed E-state index contributed by atoms with van der Waals surface area (Å²) in [6, 6.07) is 13.5. The second-order valence-corrected chi connectivity index (χ2v) is 5.89. The van der Waals surface area contributed by atoms with Crippen LogP contribution in [0.3, 0.4) is 0 Å². The fourth-order valence-electron chi connectivity index (χ4n) is 2.16. The van der Waals surface area contributed by atoms with Crippen LogP contribution in [0.4, 0.5) is 5.69 Å². The van der Waals surface area contributed by atoms with Crippen LogP contribution in [0, 0.1) is 20.8 Å². The topological polar surface area (TPSA) is 50.4 Å². The molecule has 2 aromatic rings. The highest BCUT2D eigenvalue weighted by atomic mass is 32.1. The number of rotatable bonds is 4. The highest BCUT2D eigenvalue weighted by molar-refractivity contribution is 7.80. The Morgan fingerprint density at radius 2 is 1.61 bits per heavy atom. The maximum absolute atomic E-state index is 11.9. The Hall–Kier alpha value is -2.40. The molecular formula is C18H20N2O2S. The average Bonchev–Trinajstić information content (AvgIpc) is 2.45. The summed E-state index contributed by atoms with van der Waals surface area (Å²) in [4.78, 5) is 11.9. The first-order valence-corrected chi connectivity index (χ1v) is 7.72. The van der Waals surface area contributed by atoms with E-state index in [-0.39, 0.29) is 17.6 Å². The number of benzene rings is 2. The molecule has 5 heteroatoms. The molecule has 2 rings (SSSR count). The van der Waals surface area contributed by atoms with Crippen molar-refractivity contribution in [1.82, 2.24) is 5.32 Å². The minimum Gasteiger partial charge on any atom is -0.484 e. The molecule has 0 aromatic heterocycles. The van der Waals surface area contributed by atoms with E-state index < -0.39 is 0 Å². The van der Waals surface area contributed by atoms with E-state index in [1.165, 1.54) is 0 Å². The molecule has 0 bridgehead atoms. The summed E-state index contributed by atoms with van der Waals surface area (Å²) >= 11 is 5.15. The van der Waals surface area contributed by atoms with E-state index in [1.807, 2.05) is 57.2 Å². The van der Waals surface area contributed by atoms with Gasteiger partial charge in [-0.25, -0.2) is 0 Å². The monoisotopic (exact) mass is 328 g/mol. The first-order valence-electron chi connectivity index (χ1n) is 7.31. The Bertz CT molecular complexity index is 691. The van der Waals surface area contributed by atoms with Gasteiger partial charge in [-0.3, -0.25) is 10.1 Å². The molecule has 2 N–H and O–H groups in total. The molecular weight excluding hydrogens is 308 g/mol. The molecule has 0 saturated carbocycles. The smallest absolute Gasteiger partial charge is 0.264 e. The lowest BCUT2D eigenvalue weighted by molar-refractivity contribution is -0.121. The molecule has 0 spiro atoms. The van der Waals surface area contributed by atoms with Crippen LogP contribution in [-0.4, -0.2) is 17.6 Å². The van der Waals surface area contributed by atoms with Crippen molar-refractivity contribution in [3.63, 3.8) is 0 Å². The van der Waals surface area contributed by atoms with Crippen molar-refractivity contribution >= 4 is 28.9 Å². The third-order valence-electron chi connectivity index (χ3n) is 3.12. The zero-order chi connectivity index (χ0) is 16.8. The van der Waals surface area contributed by atoms with Crippen LogP contribution in [0.2, 0.25) is 0 Å². The molecule has 1 amide bonds. The van der Waals surface area contributed by atoms with E-state index in [9.17, 15) is 4.79 Å². The number of hydrogen-bond acceptors (Lipinski definition) is 3. The van der Waals surface area contributed by atoms with E-state index in [0.29, 0.717) is 5.75 Å². The molecule has 0 aliphatic carbocycles. The molecule has 0 atom stereocenters. The Kier molecular flexibility index (Phi) is 5.71. The molecule has 0 aliphatic rings. The third kappa shape index (κ3) is 5.71. The van der Waals surface area contributed by atoms with Gasteiger partial charge < -0.3 is 10.1 Å². The maximum Gasteiger partial charge on any atom is 0.264 e. The highest BCUT2D eigenvalue weighted by Gasteiger charge is 2.06. The number of aryl methyl sites for hydroxylation is 3. The lowest BCUT2D eigenvalue weighted by atomic mass is 10.1. The lowest BCUT2D eigenvalue weighted by Crippen LogP contribution is -2.37. The van der Waals surface area contributed by atoms with Gasteiger partial charge >= 0.3 is 0 Å². The van der Waals surface area contributed by atoms with E-state index in [0.717, 1.165) is 22.4 Å². The van der Waals surface area contributed by atoms with Gasteiger partial charge in [-0.2, -0.15) is 0 Å². The SMILES string of the molecule is Cc1ccc(OCC(=O)NC(=S)Nc2cc(C)cc(C)c2)cc1. The van der Waals surface area contributed by atoms with Crippen LogP contribution in [0.5, 0.6) is 5.75 Å². The number of hydrogen-bond donors (Lipinski definition) is 2. The van der Waals surface area contributed by atoms with Gasteiger partial charge in [-0.15, -0.1) is 0 Å². The number of amides is 1. The van der Waals surface area contributed by atoms with Crippen molar-refractivity contribution in [2.75, 3.05) is 11.9 Å². The van der Waals surface area contributed by atoms with Gasteiger partial charge in [0.2, 0.25) is 0 Å². The summed E-state index contributed by atoms with van der Waals surface area (Å²) in [6.07, 6.45) is 0. The standard InChI is InChI=1S/C18H20N2O2S/c1-12-4-6-16(7-5-12)22-11-17(21)20-18(23)19-15-9-13(2)8-14(3)10-15/h4-10H,11H2,1-3H3,(H2,19,20,21,23). The number of thiocarbonyl (C=S) groups is 1. The summed E-state index contributed by atoms with van der Waals surface area (Å²) < 4.78 is 5.41. The second kappa shape index (κ2) is 7.74. The van der Waals surface area contributed by atoms with Gasteiger partial charge in [-0.1, -0.05) is 23.8 Å². The Morgan fingerprint density at radius 1 is 1.00 bits per heavy atom. The Balaban J connectivity index is 1.82. The van der Waals surface area contributed by atoms with Crippen molar-refractivity contribution in [2.45, 2.75) is 20.8 Å². The van der Waals surface area contributed by atoms with E-state index in [2.05, 4.69) is 16.7 Å². The molecule has 4 nitrogen and oxygen atoms in total. The predicted octanol–water partition coefficient (Wildman–Crippen LogP) is 3.50. The van der Waals surface area contributed by atoms with Crippen molar-refractivity contribution < 1.29 is 9.53 Å². The Morgan fingerprint density at radius 3 is 2.22 bits per heavy atom. The quantitative estimate of drug-likeness (QED) is 0.844. The maximum atomic E-state index is 11.9. The van der Waals surface area contributed by atoms with Crippen molar-refractivity contribution in [3.05, 3.63) is 59.2 Å². The molecule has 0 unspecified atom stereocenters. The molecule has 0 saturated heterocycles. The lowest BCUT2D eigenvalue weighted by Gasteiger charge is -2.11. The number of anilines is 1. The van der Waals surface area contributed by atoms with E-state index in [4.69, 9.17) is 17.0 Å². The fourth-order valence-corrected chi connectivity index (χ4v) is 2.39. The highest BCUT2D eigenvalue weighted by Crippen LogP contribution is 2.13. The molecule has 0 aliphatic heterocycles. The fraction of sp³-hybridized carbons (Fsp3) is 0.222. The van der Waals surface area contributed by atoms with Gasteiger partial charge in [0.1, 0.15) is 5.75 Å². The molecule has 0 radical (unpaired) electrons. The van der Waals surface area contributed by atoms with Gasteiger partial charge in [0.15, 0.2) is 11.7 Å². The number of carbonyl (C=O) groups excluding carboxylic acids is 1. The first-order chi connectivity index (χ1) is 10.9.